The van der Waals surface area contributed by atoms with Crippen LogP contribution in [0.25, 0.3) is 0 Å². The Labute approximate surface area is 127 Å². The molecule has 122 valence electrons. The lowest BCUT2D eigenvalue weighted by molar-refractivity contribution is -0.151. The summed E-state index contributed by atoms with van der Waals surface area (Å²) in [4.78, 5) is 26.2. The van der Waals surface area contributed by atoms with Crippen LogP contribution in [0.2, 0.25) is 0 Å². The van der Waals surface area contributed by atoms with E-state index in [9.17, 15) is 9.59 Å². The summed E-state index contributed by atoms with van der Waals surface area (Å²) in [5, 5.41) is 2.83. The predicted molar refractivity (Wildman–Crippen MR) is 79.9 cm³/mol. The van der Waals surface area contributed by atoms with Crippen LogP contribution in [-0.4, -0.2) is 62.3 Å². The second-order valence-corrected chi connectivity index (χ2v) is 6.47. The highest BCUT2D eigenvalue weighted by Crippen LogP contribution is 2.25. The molecule has 0 saturated carbocycles. The van der Waals surface area contributed by atoms with E-state index < -0.39 is 12.1 Å². The van der Waals surface area contributed by atoms with Crippen LogP contribution < -0.4 is 5.32 Å². The lowest BCUT2D eigenvalue weighted by Gasteiger charge is -2.42. The average molecular weight is 300 g/mol. The summed E-state index contributed by atoms with van der Waals surface area (Å²) < 4.78 is 10.3. The largest absolute Gasteiger partial charge is 0.382 e. The highest BCUT2D eigenvalue weighted by atomic mass is 16.5. The molecule has 0 aromatic heterocycles. The van der Waals surface area contributed by atoms with Gasteiger partial charge < -0.3 is 19.7 Å². The number of hydrogen-bond donors (Lipinski definition) is 1. The lowest BCUT2D eigenvalue weighted by Crippen LogP contribution is -2.65. The zero-order chi connectivity index (χ0) is 16.0. The SMILES string of the molecule is COCCOCCCN1C(=O)C(C(C)(C)C)NC(=O)C1C. The first-order valence-electron chi connectivity index (χ1n) is 7.46. The summed E-state index contributed by atoms with van der Waals surface area (Å²) in [5.74, 6) is -0.0960. The Morgan fingerprint density at radius 2 is 1.86 bits per heavy atom. The van der Waals surface area contributed by atoms with Gasteiger partial charge >= 0.3 is 0 Å². The van der Waals surface area contributed by atoms with Crippen molar-refractivity contribution in [2.75, 3.05) is 33.5 Å². The number of amides is 2. The summed E-state index contributed by atoms with van der Waals surface area (Å²) in [6.45, 7) is 9.83. The number of methoxy groups -OCH3 is 1. The highest BCUT2D eigenvalue weighted by molar-refractivity contribution is 5.97. The normalized spacial score (nSPS) is 23.4. The molecule has 0 radical (unpaired) electrons. The van der Waals surface area contributed by atoms with Gasteiger partial charge in [-0.25, -0.2) is 0 Å². The Balaban J connectivity index is 2.53. The molecule has 0 aromatic rings. The smallest absolute Gasteiger partial charge is 0.246 e. The Kier molecular flexibility index (Phi) is 6.61. The zero-order valence-electron chi connectivity index (χ0n) is 13.8. The molecule has 21 heavy (non-hydrogen) atoms. The fraction of sp³-hybridized carbons (Fsp3) is 0.867. The minimum absolute atomic E-state index is 0.00788. The summed E-state index contributed by atoms with van der Waals surface area (Å²) in [6.07, 6.45) is 0.712. The fourth-order valence-electron chi connectivity index (χ4n) is 2.29. The molecule has 1 heterocycles. The molecule has 1 aliphatic heterocycles. The molecular formula is C15H28N2O4. The second-order valence-electron chi connectivity index (χ2n) is 6.47. The summed E-state index contributed by atoms with van der Waals surface area (Å²) in [5.41, 5.74) is -0.292. The Morgan fingerprint density at radius 1 is 1.19 bits per heavy atom. The van der Waals surface area contributed by atoms with Crippen molar-refractivity contribution in [1.29, 1.82) is 0 Å². The number of hydrogen-bond acceptors (Lipinski definition) is 4. The van der Waals surface area contributed by atoms with Gasteiger partial charge in [0.1, 0.15) is 12.1 Å². The molecule has 1 aliphatic rings. The van der Waals surface area contributed by atoms with E-state index in [-0.39, 0.29) is 17.2 Å². The van der Waals surface area contributed by atoms with Crippen molar-refractivity contribution in [1.82, 2.24) is 10.2 Å². The van der Waals surface area contributed by atoms with Gasteiger partial charge in [-0.05, 0) is 18.8 Å². The third-order valence-corrected chi connectivity index (χ3v) is 3.65. The topological polar surface area (TPSA) is 67.9 Å². The molecule has 1 fully saturated rings. The Morgan fingerprint density at radius 3 is 2.43 bits per heavy atom. The van der Waals surface area contributed by atoms with Gasteiger partial charge in [-0.3, -0.25) is 9.59 Å². The molecule has 2 unspecified atom stereocenters. The first kappa shape index (κ1) is 17.9. The van der Waals surface area contributed by atoms with Crippen LogP contribution in [-0.2, 0) is 19.1 Å². The molecule has 0 aromatic carbocycles. The Hall–Kier alpha value is -1.14. The standard InChI is InChI=1S/C15H28N2O4/c1-11-13(18)16-12(15(2,3)4)14(19)17(11)7-6-8-21-10-9-20-5/h11-12H,6-10H2,1-5H3,(H,16,18). The van der Waals surface area contributed by atoms with Crippen LogP contribution in [0.5, 0.6) is 0 Å². The average Bonchev–Trinajstić information content (AvgIpc) is 2.40. The second kappa shape index (κ2) is 7.75. The molecule has 0 aliphatic carbocycles. The van der Waals surface area contributed by atoms with Crippen molar-refractivity contribution in [3.05, 3.63) is 0 Å². The van der Waals surface area contributed by atoms with E-state index in [0.717, 1.165) is 0 Å². The monoisotopic (exact) mass is 300 g/mol. The molecule has 2 atom stereocenters. The lowest BCUT2D eigenvalue weighted by atomic mass is 9.84. The maximum Gasteiger partial charge on any atom is 0.246 e. The minimum Gasteiger partial charge on any atom is -0.382 e. The summed E-state index contributed by atoms with van der Waals surface area (Å²) >= 11 is 0. The first-order chi connectivity index (χ1) is 9.79. The van der Waals surface area contributed by atoms with E-state index in [4.69, 9.17) is 9.47 Å². The van der Waals surface area contributed by atoms with Gasteiger partial charge in [0.2, 0.25) is 11.8 Å². The molecule has 0 bridgehead atoms. The van der Waals surface area contributed by atoms with E-state index in [1.54, 1.807) is 18.9 Å². The van der Waals surface area contributed by atoms with Crippen molar-refractivity contribution < 1.29 is 19.1 Å². The Bertz CT molecular complexity index is 365. The molecule has 2 amide bonds. The van der Waals surface area contributed by atoms with Crippen molar-refractivity contribution in [2.24, 2.45) is 5.41 Å². The number of piperazine rings is 1. The minimum atomic E-state index is -0.462. The maximum absolute atomic E-state index is 12.5. The summed E-state index contributed by atoms with van der Waals surface area (Å²) in [7, 11) is 1.63. The van der Waals surface area contributed by atoms with Gasteiger partial charge in [-0.1, -0.05) is 20.8 Å². The molecule has 6 heteroatoms. The highest BCUT2D eigenvalue weighted by Gasteiger charge is 2.43. The predicted octanol–water partition coefficient (Wildman–Crippen LogP) is 0.801. The van der Waals surface area contributed by atoms with Crippen LogP contribution in [0.3, 0.4) is 0 Å². The van der Waals surface area contributed by atoms with Crippen LogP contribution in [0, 0.1) is 5.41 Å². The number of nitrogens with zero attached hydrogens (tertiary/aromatic N) is 1. The first-order valence-corrected chi connectivity index (χ1v) is 7.46. The van der Waals surface area contributed by atoms with E-state index >= 15 is 0 Å². The van der Waals surface area contributed by atoms with Crippen molar-refractivity contribution in [3.8, 4) is 0 Å². The van der Waals surface area contributed by atoms with Gasteiger partial charge in [0, 0.05) is 20.3 Å². The van der Waals surface area contributed by atoms with Crippen LogP contribution in [0.15, 0.2) is 0 Å². The van der Waals surface area contributed by atoms with E-state index in [1.165, 1.54) is 0 Å². The van der Waals surface area contributed by atoms with Crippen LogP contribution in [0.1, 0.15) is 34.1 Å². The molecule has 0 spiro atoms. The van der Waals surface area contributed by atoms with E-state index in [2.05, 4.69) is 5.32 Å². The van der Waals surface area contributed by atoms with E-state index in [0.29, 0.717) is 32.8 Å². The molecular weight excluding hydrogens is 272 g/mol. The van der Waals surface area contributed by atoms with E-state index in [1.807, 2.05) is 20.8 Å². The quantitative estimate of drug-likeness (QED) is 0.706. The van der Waals surface area contributed by atoms with Gasteiger partial charge in [0.05, 0.1) is 13.2 Å². The number of carbonyl (C=O) groups excluding carboxylic acids is 2. The third kappa shape index (κ3) is 4.97. The van der Waals surface area contributed by atoms with Gasteiger partial charge in [0.15, 0.2) is 0 Å². The maximum atomic E-state index is 12.5. The summed E-state index contributed by atoms with van der Waals surface area (Å²) in [6, 6.07) is -0.884. The zero-order valence-corrected chi connectivity index (χ0v) is 13.8. The van der Waals surface area contributed by atoms with Crippen molar-refractivity contribution in [3.63, 3.8) is 0 Å². The van der Waals surface area contributed by atoms with Gasteiger partial charge in [-0.2, -0.15) is 0 Å². The number of ether oxygens (including phenoxy) is 2. The van der Waals surface area contributed by atoms with Crippen LogP contribution in [0.4, 0.5) is 0 Å². The van der Waals surface area contributed by atoms with Gasteiger partial charge in [-0.15, -0.1) is 0 Å². The number of carbonyl (C=O) groups is 2. The molecule has 6 nitrogen and oxygen atoms in total. The number of nitrogens with one attached hydrogen (secondary N) is 1. The fourth-order valence-corrected chi connectivity index (χ4v) is 2.29. The van der Waals surface area contributed by atoms with Crippen LogP contribution >= 0.6 is 0 Å². The number of rotatable bonds is 7. The van der Waals surface area contributed by atoms with Crippen molar-refractivity contribution >= 4 is 11.8 Å². The van der Waals surface area contributed by atoms with Crippen molar-refractivity contribution in [2.45, 2.75) is 46.2 Å². The molecule has 1 saturated heterocycles. The van der Waals surface area contributed by atoms with Gasteiger partial charge in [0.25, 0.3) is 0 Å². The molecule has 1 rings (SSSR count). The third-order valence-electron chi connectivity index (χ3n) is 3.65. The molecule has 1 N–H and O–H groups in total.